The van der Waals surface area contributed by atoms with Crippen LogP contribution in [-0.2, 0) is 14.3 Å². The standard InChI is InChI=1S/C9H14O3/c1-2-12-9(11)7-4-3-5-8(10)6-7/h7H,2-6H2,1H3/t7-/m0/s1. The van der Waals surface area contributed by atoms with E-state index in [2.05, 4.69) is 0 Å². The predicted octanol–water partition coefficient (Wildman–Crippen LogP) is 1.31. The van der Waals surface area contributed by atoms with Crippen molar-refractivity contribution in [2.75, 3.05) is 6.61 Å². The summed E-state index contributed by atoms with van der Waals surface area (Å²) in [5.74, 6) is -0.170. The molecule has 0 unspecified atom stereocenters. The van der Waals surface area contributed by atoms with Crippen LogP contribution in [0.5, 0.6) is 0 Å². The van der Waals surface area contributed by atoms with Crippen LogP contribution in [0.1, 0.15) is 32.6 Å². The van der Waals surface area contributed by atoms with Crippen LogP contribution in [-0.4, -0.2) is 18.4 Å². The van der Waals surface area contributed by atoms with Crippen molar-refractivity contribution in [3.05, 3.63) is 0 Å². The SMILES string of the molecule is CCOC(=O)[C@H]1CCCC(=O)C1. The molecule has 68 valence electrons. The molecule has 0 spiro atoms. The number of ketones is 1. The second-order valence-corrected chi connectivity index (χ2v) is 3.08. The number of hydrogen-bond acceptors (Lipinski definition) is 3. The lowest BCUT2D eigenvalue weighted by molar-refractivity contribution is -0.150. The Morgan fingerprint density at radius 2 is 2.42 bits per heavy atom. The molecule has 0 aliphatic heterocycles. The lowest BCUT2D eigenvalue weighted by Crippen LogP contribution is -2.24. The Labute approximate surface area is 72.1 Å². The molecule has 3 nitrogen and oxygen atoms in total. The summed E-state index contributed by atoms with van der Waals surface area (Å²) in [6.07, 6.45) is 2.67. The van der Waals surface area contributed by atoms with Crippen LogP contribution in [0.25, 0.3) is 0 Å². The molecule has 0 saturated heterocycles. The van der Waals surface area contributed by atoms with E-state index in [1.807, 2.05) is 0 Å². The van der Waals surface area contributed by atoms with Crippen LogP contribution in [0.3, 0.4) is 0 Å². The summed E-state index contributed by atoms with van der Waals surface area (Å²) in [6.45, 7) is 2.19. The van der Waals surface area contributed by atoms with E-state index in [0.29, 0.717) is 19.4 Å². The van der Waals surface area contributed by atoms with Crippen LogP contribution in [0.4, 0.5) is 0 Å². The second kappa shape index (κ2) is 4.24. The highest BCUT2D eigenvalue weighted by Crippen LogP contribution is 2.22. The number of rotatable bonds is 2. The molecule has 0 radical (unpaired) electrons. The number of esters is 1. The van der Waals surface area contributed by atoms with Crippen molar-refractivity contribution in [2.45, 2.75) is 32.6 Å². The van der Waals surface area contributed by atoms with Gasteiger partial charge in [0.1, 0.15) is 5.78 Å². The lowest BCUT2D eigenvalue weighted by atomic mass is 9.88. The minimum atomic E-state index is -0.203. The number of hydrogen-bond donors (Lipinski definition) is 0. The molecule has 0 aromatic rings. The highest BCUT2D eigenvalue weighted by molar-refractivity contribution is 5.85. The summed E-state index contributed by atoms with van der Waals surface area (Å²) in [6, 6.07) is 0. The molecule has 3 heteroatoms. The molecule has 0 bridgehead atoms. The van der Waals surface area contributed by atoms with E-state index in [-0.39, 0.29) is 17.7 Å². The van der Waals surface area contributed by atoms with Gasteiger partial charge in [-0.05, 0) is 19.8 Å². The number of Topliss-reactive ketones (excluding diaryl/α,β-unsaturated/α-hetero) is 1. The molecular weight excluding hydrogens is 156 g/mol. The zero-order valence-electron chi connectivity index (χ0n) is 7.34. The third-order valence-corrected chi connectivity index (χ3v) is 2.10. The summed E-state index contributed by atoms with van der Waals surface area (Å²) in [7, 11) is 0. The van der Waals surface area contributed by atoms with Gasteiger partial charge in [-0.2, -0.15) is 0 Å². The Morgan fingerprint density at radius 1 is 1.67 bits per heavy atom. The van der Waals surface area contributed by atoms with Crippen molar-refractivity contribution in [3.8, 4) is 0 Å². The number of carbonyl (C=O) groups excluding carboxylic acids is 2. The molecule has 0 amide bonds. The van der Waals surface area contributed by atoms with Crippen molar-refractivity contribution in [1.29, 1.82) is 0 Å². The molecule has 1 rings (SSSR count). The van der Waals surface area contributed by atoms with Gasteiger partial charge in [-0.15, -0.1) is 0 Å². The maximum atomic E-state index is 11.2. The van der Waals surface area contributed by atoms with Crippen molar-refractivity contribution in [3.63, 3.8) is 0 Å². The Bertz CT molecular complexity index is 186. The first kappa shape index (κ1) is 9.23. The highest BCUT2D eigenvalue weighted by atomic mass is 16.5. The second-order valence-electron chi connectivity index (χ2n) is 3.08. The first-order valence-electron chi connectivity index (χ1n) is 4.42. The fraction of sp³-hybridized carbons (Fsp3) is 0.778. The van der Waals surface area contributed by atoms with Gasteiger partial charge in [0, 0.05) is 12.8 Å². The fourth-order valence-electron chi connectivity index (χ4n) is 1.49. The van der Waals surface area contributed by atoms with Crippen molar-refractivity contribution in [1.82, 2.24) is 0 Å². The van der Waals surface area contributed by atoms with Gasteiger partial charge in [-0.1, -0.05) is 0 Å². The first-order valence-corrected chi connectivity index (χ1v) is 4.42. The van der Waals surface area contributed by atoms with Gasteiger partial charge in [0.15, 0.2) is 0 Å². The van der Waals surface area contributed by atoms with E-state index >= 15 is 0 Å². The summed E-state index contributed by atoms with van der Waals surface area (Å²) in [4.78, 5) is 22.1. The first-order chi connectivity index (χ1) is 5.74. The molecule has 12 heavy (non-hydrogen) atoms. The largest absolute Gasteiger partial charge is 0.466 e. The Kier molecular flexibility index (Phi) is 3.26. The van der Waals surface area contributed by atoms with E-state index in [9.17, 15) is 9.59 Å². The number of carbonyl (C=O) groups is 2. The van der Waals surface area contributed by atoms with Crippen LogP contribution >= 0.6 is 0 Å². The molecule has 1 fully saturated rings. The quantitative estimate of drug-likeness (QED) is 0.587. The maximum Gasteiger partial charge on any atom is 0.309 e. The molecule has 0 aromatic heterocycles. The van der Waals surface area contributed by atoms with Crippen molar-refractivity contribution in [2.24, 2.45) is 5.92 Å². The normalized spacial score (nSPS) is 23.8. The van der Waals surface area contributed by atoms with Gasteiger partial charge < -0.3 is 4.74 Å². The molecule has 0 N–H and O–H groups in total. The molecular formula is C9H14O3. The van der Waals surface area contributed by atoms with E-state index in [4.69, 9.17) is 4.74 Å². The van der Waals surface area contributed by atoms with Crippen LogP contribution < -0.4 is 0 Å². The van der Waals surface area contributed by atoms with Crippen molar-refractivity contribution >= 4 is 11.8 Å². The van der Waals surface area contributed by atoms with Gasteiger partial charge in [0.25, 0.3) is 0 Å². The van der Waals surface area contributed by atoms with Gasteiger partial charge in [0.2, 0.25) is 0 Å². The fourth-order valence-corrected chi connectivity index (χ4v) is 1.49. The Hall–Kier alpha value is -0.860. The van der Waals surface area contributed by atoms with E-state index in [1.54, 1.807) is 6.92 Å². The Balaban J connectivity index is 2.40. The van der Waals surface area contributed by atoms with Crippen molar-refractivity contribution < 1.29 is 14.3 Å². The monoisotopic (exact) mass is 170 g/mol. The summed E-state index contributed by atoms with van der Waals surface area (Å²) >= 11 is 0. The molecule has 1 aliphatic rings. The van der Waals surface area contributed by atoms with Crippen LogP contribution in [0, 0.1) is 5.92 Å². The molecule has 0 heterocycles. The molecule has 1 aliphatic carbocycles. The molecule has 1 saturated carbocycles. The highest BCUT2D eigenvalue weighted by Gasteiger charge is 2.26. The summed E-state index contributed by atoms with van der Waals surface area (Å²) in [5, 5.41) is 0. The van der Waals surface area contributed by atoms with Crippen LogP contribution in [0.15, 0.2) is 0 Å². The maximum absolute atomic E-state index is 11.2. The zero-order valence-corrected chi connectivity index (χ0v) is 7.34. The van der Waals surface area contributed by atoms with Gasteiger partial charge in [-0.25, -0.2) is 0 Å². The smallest absolute Gasteiger partial charge is 0.309 e. The lowest BCUT2D eigenvalue weighted by Gasteiger charge is -2.18. The number of ether oxygens (including phenoxy) is 1. The van der Waals surface area contributed by atoms with Gasteiger partial charge in [0.05, 0.1) is 12.5 Å². The van der Waals surface area contributed by atoms with Gasteiger partial charge >= 0.3 is 5.97 Å². The van der Waals surface area contributed by atoms with E-state index < -0.39 is 0 Å². The average Bonchev–Trinajstić information content (AvgIpc) is 2.05. The Morgan fingerprint density at radius 3 is 3.00 bits per heavy atom. The zero-order chi connectivity index (χ0) is 8.97. The summed E-state index contributed by atoms with van der Waals surface area (Å²) in [5.41, 5.74) is 0. The minimum Gasteiger partial charge on any atom is -0.466 e. The minimum absolute atomic E-state index is 0.161. The van der Waals surface area contributed by atoms with E-state index in [1.165, 1.54) is 0 Å². The van der Waals surface area contributed by atoms with Gasteiger partial charge in [-0.3, -0.25) is 9.59 Å². The topological polar surface area (TPSA) is 43.4 Å². The predicted molar refractivity (Wildman–Crippen MR) is 43.6 cm³/mol. The molecule has 0 aromatic carbocycles. The third kappa shape index (κ3) is 2.32. The summed E-state index contributed by atoms with van der Waals surface area (Å²) < 4.78 is 4.84. The average molecular weight is 170 g/mol. The third-order valence-electron chi connectivity index (χ3n) is 2.10. The van der Waals surface area contributed by atoms with Crippen LogP contribution in [0.2, 0.25) is 0 Å². The molecule has 1 atom stereocenters. The van der Waals surface area contributed by atoms with E-state index in [0.717, 1.165) is 12.8 Å².